The lowest BCUT2D eigenvalue weighted by atomic mass is 10.1. The number of nitrogens with zero attached hydrogens (tertiary/aromatic N) is 1. The highest BCUT2D eigenvalue weighted by Gasteiger charge is 2.35. The van der Waals surface area contributed by atoms with E-state index in [0.29, 0.717) is 24.5 Å². The van der Waals surface area contributed by atoms with Crippen LogP contribution in [0, 0.1) is 26.7 Å². The van der Waals surface area contributed by atoms with Crippen molar-refractivity contribution < 1.29 is 19.1 Å². The number of hydrogen-bond acceptors (Lipinski definition) is 4. The van der Waals surface area contributed by atoms with Crippen LogP contribution in [0.1, 0.15) is 28.7 Å². The molecular weight excluding hydrogens is 454 g/mol. The van der Waals surface area contributed by atoms with Gasteiger partial charge in [0.05, 0.1) is 5.92 Å². The maximum atomic E-state index is 12.6. The highest BCUT2D eigenvalue weighted by Crippen LogP contribution is 2.27. The third-order valence-corrected chi connectivity index (χ3v) is 6.27. The van der Waals surface area contributed by atoms with Gasteiger partial charge >= 0.3 is 0 Å². The Morgan fingerprint density at radius 1 is 0.972 bits per heavy atom. The topological polar surface area (TPSA) is 87.7 Å². The van der Waals surface area contributed by atoms with Crippen molar-refractivity contribution in [2.45, 2.75) is 33.7 Å². The molecule has 0 aliphatic carbocycles. The molecule has 36 heavy (non-hydrogen) atoms. The molecule has 1 heterocycles. The quantitative estimate of drug-likeness (QED) is 0.498. The van der Waals surface area contributed by atoms with E-state index in [1.165, 1.54) is 0 Å². The molecule has 7 nitrogen and oxygen atoms in total. The lowest BCUT2D eigenvalue weighted by molar-refractivity contribution is -0.126. The minimum atomic E-state index is -0.394. The Bertz CT molecular complexity index is 1230. The van der Waals surface area contributed by atoms with Gasteiger partial charge in [0.1, 0.15) is 5.75 Å². The molecular formula is C29H31N3O4. The molecule has 2 N–H and O–H groups in total. The molecule has 0 bridgehead atoms. The minimum Gasteiger partial charge on any atom is -0.484 e. The molecule has 1 atom stereocenters. The summed E-state index contributed by atoms with van der Waals surface area (Å²) >= 11 is 0. The fourth-order valence-corrected chi connectivity index (χ4v) is 4.49. The Morgan fingerprint density at radius 3 is 2.31 bits per heavy atom. The molecule has 0 aromatic heterocycles. The van der Waals surface area contributed by atoms with Gasteiger partial charge in [0, 0.05) is 30.9 Å². The van der Waals surface area contributed by atoms with Crippen molar-refractivity contribution in [3.8, 4) is 5.75 Å². The van der Waals surface area contributed by atoms with E-state index in [9.17, 15) is 14.4 Å². The molecule has 1 aliphatic rings. The second kappa shape index (κ2) is 11.1. The molecule has 4 rings (SSSR count). The van der Waals surface area contributed by atoms with Crippen LogP contribution in [-0.4, -0.2) is 30.9 Å². The first-order chi connectivity index (χ1) is 17.3. The summed E-state index contributed by atoms with van der Waals surface area (Å²) in [7, 11) is 0. The Morgan fingerprint density at radius 2 is 1.64 bits per heavy atom. The zero-order valence-corrected chi connectivity index (χ0v) is 20.8. The molecule has 0 spiro atoms. The molecule has 0 radical (unpaired) electrons. The molecule has 3 aromatic carbocycles. The summed E-state index contributed by atoms with van der Waals surface area (Å²) in [4.78, 5) is 39.2. The maximum absolute atomic E-state index is 12.6. The smallest absolute Gasteiger partial charge is 0.262 e. The van der Waals surface area contributed by atoms with Gasteiger partial charge in [-0.15, -0.1) is 0 Å². The predicted octanol–water partition coefficient (Wildman–Crippen LogP) is 4.30. The molecule has 1 aliphatic heterocycles. The first-order valence-electron chi connectivity index (χ1n) is 12.0. The summed E-state index contributed by atoms with van der Waals surface area (Å²) in [5.41, 5.74) is 5.68. The van der Waals surface area contributed by atoms with Crippen molar-refractivity contribution in [3.05, 3.63) is 89.0 Å². The molecule has 7 heteroatoms. The van der Waals surface area contributed by atoms with Gasteiger partial charge in [-0.25, -0.2) is 0 Å². The largest absolute Gasteiger partial charge is 0.484 e. The summed E-state index contributed by atoms with van der Waals surface area (Å²) in [6.07, 6.45) is 0.177. The summed E-state index contributed by atoms with van der Waals surface area (Å²) in [5, 5.41) is 5.84. The van der Waals surface area contributed by atoms with Crippen LogP contribution in [0.4, 0.5) is 11.4 Å². The fourth-order valence-electron chi connectivity index (χ4n) is 4.49. The summed E-state index contributed by atoms with van der Waals surface area (Å²) in [6, 6.07) is 20.7. The van der Waals surface area contributed by atoms with Crippen molar-refractivity contribution in [3.63, 3.8) is 0 Å². The van der Waals surface area contributed by atoms with E-state index in [0.717, 1.165) is 27.9 Å². The van der Waals surface area contributed by atoms with E-state index >= 15 is 0 Å². The molecule has 186 valence electrons. The first-order valence-corrected chi connectivity index (χ1v) is 12.0. The zero-order valence-electron chi connectivity index (χ0n) is 20.8. The third-order valence-electron chi connectivity index (χ3n) is 6.27. The molecule has 1 unspecified atom stereocenters. The number of rotatable bonds is 8. The van der Waals surface area contributed by atoms with Crippen molar-refractivity contribution >= 4 is 29.1 Å². The van der Waals surface area contributed by atoms with Gasteiger partial charge in [-0.05, 0) is 61.7 Å². The lowest BCUT2D eigenvalue weighted by Gasteiger charge is -2.17. The monoisotopic (exact) mass is 485 g/mol. The van der Waals surface area contributed by atoms with Crippen molar-refractivity contribution in [1.82, 2.24) is 5.32 Å². The number of ether oxygens (including phenoxy) is 1. The highest BCUT2D eigenvalue weighted by atomic mass is 16.5. The van der Waals surface area contributed by atoms with Gasteiger partial charge in [0.2, 0.25) is 11.8 Å². The van der Waals surface area contributed by atoms with Crippen LogP contribution in [0.15, 0.2) is 66.7 Å². The van der Waals surface area contributed by atoms with Crippen LogP contribution in [-0.2, 0) is 20.9 Å². The number of aryl methyl sites for hydroxylation is 3. The summed E-state index contributed by atoms with van der Waals surface area (Å²) in [5.74, 6) is -0.329. The number of benzene rings is 3. The lowest BCUT2D eigenvalue weighted by Crippen LogP contribution is -2.32. The number of carbonyl (C=O) groups excluding carboxylic acids is 3. The van der Waals surface area contributed by atoms with Crippen molar-refractivity contribution in [2.24, 2.45) is 5.92 Å². The Labute approximate surface area is 211 Å². The Kier molecular flexibility index (Phi) is 7.68. The molecule has 0 saturated carbocycles. The van der Waals surface area contributed by atoms with E-state index in [1.807, 2.05) is 63.2 Å². The Hall–Kier alpha value is -4.13. The van der Waals surface area contributed by atoms with Crippen molar-refractivity contribution in [2.75, 3.05) is 23.4 Å². The third kappa shape index (κ3) is 6.10. The molecule has 3 aromatic rings. The number of hydrogen-bond donors (Lipinski definition) is 2. The van der Waals surface area contributed by atoms with Crippen LogP contribution >= 0.6 is 0 Å². The average molecular weight is 486 g/mol. The van der Waals surface area contributed by atoms with Gasteiger partial charge in [0.25, 0.3) is 5.91 Å². The fraction of sp³-hybridized carbons (Fsp3) is 0.276. The van der Waals surface area contributed by atoms with E-state index in [-0.39, 0.29) is 30.7 Å². The van der Waals surface area contributed by atoms with Gasteiger partial charge < -0.3 is 20.3 Å². The van der Waals surface area contributed by atoms with Crippen LogP contribution in [0.3, 0.4) is 0 Å². The number of nitrogens with one attached hydrogen (secondary N) is 2. The SMILES string of the molecule is Cc1cc(C)c(NC(=O)COc2ccc(N3CC(C(=O)NCc4ccccc4)CC3=O)cc2)c(C)c1. The van der Waals surface area contributed by atoms with Crippen LogP contribution in [0.25, 0.3) is 0 Å². The average Bonchev–Trinajstić information content (AvgIpc) is 3.26. The number of anilines is 2. The normalized spacial score (nSPS) is 15.0. The Balaban J connectivity index is 1.28. The maximum Gasteiger partial charge on any atom is 0.262 e. The number of amides is 3. The van der Waals surface area contributed by atoms with Gasteiger partial charge in [-0.2, -0.15) is 0 Å². The van der Waals surface area contributed by atoms with Gasteiger partial charge in [-0.1, -0.05) is 48.0 Å². The molecule has 3 amide bonds. The highest BCUT2D eigenvalue weighted by molar-refractivity contribution is 6.00. The van der Waals surface area contributed by atoms with Crippen molar-refractivity contribution in [1.29, 1.82) is 0 Å². The zero-order chi connectivity index (χ0) is 25.7. The summed E-state index contributed by atoms with van der Waals surface area (Å²) in [6.45, 7) is 6.59. The van der Waals surface area contributed by atoms with Gasteiger partial charge in [0.15, 0.2) is 6.61 Å². The first kappa shape index (κ1) is 25.0. The van der Waals surface area contributed by atoms with Crippen LogP contribution in [0.5, 0.6) is 5.75 Å². The van der Waals surface area contributed by atoms with E-state index < -0.39 is 5.92 Å². The predicted molar refractivity (Wildman–Crippen MR) is 140 cm³/mol. The van der Waals surface area contributed by atoms with E-state index in [2.05, 4.69) is 10.6 Å². The van der Waals surface area contributed by atoms with E-state index in [1.54, 1.807) is 29.2 Å². The summed E-state index contributed by atoms with van der Waals surface area (Å²) < 4.78 is 5.64. The second-order valence-corrected chi connectivity index (χ2v) is 9.21. The van der Waals surface area contributed by atoms with Gasteiger partial charge in [-0.3, -0.25) is 14.4 Å². The number of carbonyl (C=O) groups is 3. The standard InChI is InChI=1S/C29H31N3O4/c1-19-13-20(2)28(21(3)14-19)31-26(33)18-36-25-11-9-24(10-12-25)32-17-23(15-27(32)34)29(35)30-16-22-7-5-4-6-8-22/h4-14,23H,15-18H2,1-3H3,(H,30,35)(H,31,33). The van der Waals surface area contributed by atoms with Crippen LogP contribution in [0.2, 0.25) is 0 Å². The van der Waals surface area contributed by atoms with E-state index in [4.69, 9.17) is 4.74 Å². The molecule has 1 fully saturated rings. The molecule has 1 saturated heterocycles. The second-order valence-electron chi connectivity index (χ2n) is 9.21. The minimum absolute atomic E-state index is 0.0910. The van der Waals surface area contributed by atoms with Crippen LogP contribution < -0.4 is 20.3 Å².